The van der Waals surface area contributed by atoms with E-state index >= 15 is 0 Å². The van der Waals surface area contributed by atoms with E-state index in [-0.39, 0.29) is 5.28 Å². The first kappa shape index (κ1) is 10.2. The summed E-state index contributed by atoms with van der Waals surface area (Å²) in [4.78, 5) is 15.3. The summed E-state index contributed by atoms with van der Waals surface area (Å²) in [5.41, 5.74) is 3.16. The molecule has 3 aromatic heterocycles. The maximum Gasteiger partial charge on any atom is 0.226 e. The molecule has 0 aliphatic heterocycles. The van der Waals surface area contributed by atoms with E-state index in [9.17, 15) is 0 Å². The summed E-state index contributed by atoms with van der Waals surface area (Å²) in [6.07, 6.45) is 1.56. The average molecular weight is 249 g/mol. The average Bonchev–Trinajstić information content (AvgIpc) is 2.83. The minimum absolute atomic E-state index is 0.159. The highest BCUT2D eigenvalue weighted by Crippen LogP contribution is 2.19. The van der Waals surface area contributed by atoms with Gasteiger partial charge in [-0.25, -0.2) is 9.67 Å². The number of hydrogen-bond donors (Lipinski definition) is 1. The van der Waals surface area contributed by atoms with Crippen LogP contribution in [0.15, 0.2) is 12.4 Å². The second-order valence-electron chi connectivity index (χ2n) is 3.76. The molecule has 0 radical (unpaired) electrons. The highest BCUT2D eigenvalue weighted by atomic mass is 35.5. The lowest BCUT2D eigenvalue weighted by molar-refractivity contribution is 0.808. The second kappa shape index (κ2) is 3.53. The van der Waals surface area contributed by atoms with E-state index in [1.54, 1.807) is 11.0 Å². The van der Waals surface area contributed by atoms with Crippen LogP contribution in [-0.2, 0) is 0 Å². The number of aromatic nitrogens is 6. The van der Waals surface area contributed by atoms with Crippen molar-refractivity contribution in [2.75, 3.05) is 0 Å². The zero-order valence-corrected chi connectivity index (χ0v) is 10.0. The third kappa shape index (κ3) is 1.57. The summed E-state index contributed by atoms with van der Waals surface area (Å²) < 4.78 is 1.73. The smallest absolute Gasteiger partial charge is 0.226 e. The molecule has 0 bridgehead atoms. The fourth-order valence-corrected chi connectivity index (χ4v) is 1.95. The quantitative estimate of drug-likeness (QED) is 0.667. The van der Waals surface area contributed by atoms with E-state index in [1.165, 1.54) is 0 Å². The Morgan fingerprint density at radius 1 is 1.29 bits per heavy atom. The molecule has 17 heavy (non-hydrogen) atoms. The zero-order chi connectivity index (χ0) is 12.0. The molecule has 86 valence electrons. The number of hydrogen-bond acceptors (Lipinski definition) is 4. The number of fused-ring (bicyclic) bond motifs is 1. The van der Waals surface area contributed by atoms with E-state index in [2.05, 4.69) is 25.0 Å². The Balaban J connectivity index is 2.36. The lowest BCUT2D eigenvalue weighted by Crippen LogP contribution is -2.04. The topological polar surface area (TPSA) is 72.3 Å². The van der Waals surface area contributed by atoms with Gasteiger partial charge in [0.1, 0.15) is 5.52 Å². The fraction of sp³-hybridized carbons (Fsp3) is 0.200. The third-order valence-electron chi connectivity index (χ3n) is 2.45. The van der Waals surface area contributed by atoms with Crippen LogP contribution in [0, 0.1) is 13.8 Å². The van der Waals surface area contributed by atoms with Crippen LogP contribution in [-0.4, -0.2) is 29.7 Å². The molecule has 3 aromatic rings. The van der Waals surface area contributed by atoms with Crippen molar-refractivity contribution >= 4 is 22.8 Å². The molecule has 0 atom stereocenters. The van der Waals surface area contributed by atoms with Gasteiger partial charge in [-0.15, -0.1) is 0 Å². The first-order valence-electron chi connectivity index (χ1n) is 5.05. The van der Waals surface area contributed by atoms with Gasteiger partial charge in [0.15, 0.2) is 11.5 Å². The number of nitrogens with zero attached hydrogens (tertiary/aromatic N) is 5. The number of rotatable bonds is 1. The lowest BCUT2D eigenvalue weighted by atomic mass is 10.4. The minimum Gasteiger partial charge on any atom is -0.340 e. The number of aromatic amines is 1. The van der Waals surface area contributed by atoms with Crippen molar-refractivity contribution in [2.45, 2.75) is 13.8 Å². The maximum atomic E-state index is 5.87. The minimum atomic E-state index is 0.159. The summed E-state index contributed by atoms with van der Waals surface area (Å²) >= 11 is 5.87. The highest BCUT2D eigenvalue weighted by molar-refractivity contribution is 6.28. The van der Waals surface area contributed by atoms with Gasteiger partial charge in [0.2, 0.25) is 5.28 Å². The van der Waals surface area contributed by atoms with E-state index in [0.717, 1.165) is 16.9 Å². The Hall–Kier alpha value is -1.95. The summed E-state index contributed by atoms with van der Waals surface area (Å²) in [5.74, 6) is 0.614. The zero-order valence-electron chi connectivity index (χ0n) is 9.27. The van der Waals surface area contributed by atoms with Gasteiger partial charge in [-0.1, -0.05) is 0 Å². The predicted molar refractivity (Wildman–Crippen MR) is 63.3 cm³/mol. The highest BCUT2D eigenvalue weighted by Gasteiger charge is 2.13. The monoisotopic (exact) mass is 248 g/mol. The van der Waals surface area contributed by atoms with Crippen molar-refractivity contribution in [3.8, 4) is 5.82 Å². The van der Waals surface area contributed by atoms with Crippen LogP contribution in [0.4, 0.5) is 0 Å². The Labute approximate surface area is 102 Å². The van der Waals surface area contributed by atoms with E-state index in [4.69, 9.17) is 11.6 Å². The first-order valence-corrected chi connectivity index (χ1v) is 5.43. The summed E-state index contributed by atoms with van der Waals surface area (Å²) in [7, 11) is 0. The molecule has 0 aromatic carbocycles. The van der Waals surface area contributed by atoms with Gasteiger partial charge in [-0.3, -0.25) is 0 Å². The molecule has 0 amide bonds. The normalized spacial score (nSPS) is 11.2. The molecule has 0 spiro atoms. The van der Waals surface area contributed by atoms with Crippen LogP contribution < -0.4 is 0 Å². The van der Waals surface area contributed by atoms with Crippen molar-refractivity contribution in [1.29, 1.82) is 0 Å². The first-order chi connectivity index (χ1) is 8.15. The molecular weight excluding hydrogens is 240 g/mol. The second-order valence-corrected chi connectivity index (χ2v) is 4.09. The maximum absolute atomic E-state index is 5.87. The molecule has 0 aliphatic carbocycles. The summed E-state index contributed by atoms with van der Waals surface area (Å²) in [5, 5.41) is 4.53. The van der Waals surface area contributed by atoms with Crippen LogP contribution >= 0.6 is 11.6 Å². The van der Waals surface area contributed by atoms with Crippen molar-refractivity contribution in [3.63, 3.8) is 0 Å². The van der Waals surface area contributed by atoms with Gasteiger partial charge >= 0.3 is 0 Å². The Morgan fingerprint density at radius 2 is 2.12 bits per heavy atom. The number of imidazole rings is 1. The van der Waals surface area contributed by atoms with Crippen molar-refractivity contribution < 1.29 is 0 Å². The molecule has 0 aliphatic rings. The van der Waals surface area contributed by atoms with Crippen LogP contribution in [0.5, 0.6) is 0 Å². The standard InChI is InChI=1S/C10H9ClN6/c1-5-3-6(2)17(16-5)9-7-8(13-4-12-7)14-10(11)15-9/h3-4H,1-2H3,(H,12,13,14,15). The number of nitrogens with one attached hydrogen (secondary N) is 1. The van der Waals surface area contributed by atoms with Crippen molar-refractivity contribution in [3.05, 3.63) is 29.1 Å². The van der Waals surface area contributed by atoms with Gasteiger partial charge in [0.25, 0.3) is 0 Å². The molecule has 0 saturated carbocycles. The SMILES string of the molecule is Cc1cc(C)n(-c2nc(Cl)nc3nc[nH]c23)n1. The molecule has 7 heteroatoms. The van der Waals surface area contributed by atoms with Crippen molar-refractivity contribution in [2.24, 2.45) is 0 Å². The third-order valence-corrected chi connectivity index (χ3v) is 2.62. The molecule has 3 rings (SSSR count). The number of halogens is 1. The molecule has 1 N–H and O–H groups in total. The van der Waals surface area contributed by atoms with Gasteiger partial charge in [-0.05, 0) is 31.5 Å². The van der Waals surface area contributed by atoms with E-state index < -0.39 is 0 Å². The summed E-state index contributed by atoms with van der Waals surface area (Å²) in [6, 6.07) is 1.97. The molecular formula is C10H9ClN6. The Morgan fingerprint density at radius 3 is 2.82 bits per heavy atom. The molecule has 0 saturated heterocycles. The molecule has 3 heterocycles. The predicted octanol–water partition coefficient (Wildman–Crippen LogP) is 1.81. The Kier molecular flexibility index (Phi) is 2.12. The number of H-pyrrole nitrogens is 1. The summed E-state index contributed by atoms with van der Waals surface area (Å²) in [6.45, 7) is 3.88. The van der Waals surface area contributed by atoms with E-state index in [1.807, 2.05) is 19.9 Å². The van der Waals surface area contributed by atoms with Crippen molar-refractivity contribution in [1.82, 2.24) is 29.7 Å². The van der Waals surface area contributed by atoms with Crippen LogP contribution in [0.2, 0.25) is 5.28 Å². The largest absolute Gasteiger partial charge is 0.340 e. The molecule has 6 nitrogen and oxygen atoms in total. The number of aryl methyl sites for hydroxylation is 2. The van der Waals surface area contributed by atoms with Gasteiger partial charge in [-0.2, -0.15) is 15.1 Å². The van der Waals surface area contributed by atoms with Crippen LogP contribution in [0.25, 0.3) is 17.0 Å². The van der Waals surface area contributed by atoms with E-state index in [0.29, 0.717) is 11.5 Å². The van der Waals surface area contributed by atoms with Crippen LogP contribution in [0.3, 0.4) is 0 Å². The van der Waals surface area contributed by atoms with Gasteiger partial charge in [0, 0.05) is 5.69 Å². The lowest BCUT2D eigenvalue weighted by Gasteiger charge is -2.04. The van der Waals surface area contributed by atoms with Gasteiger partial charge < -0.3 is 4.98 Å². The molecule has 0 fully saturated rings. The molecule has 0 unspecified atom stereocenters. The van der Waals surface area contributed by atoms with Gasteiger partial charge in [0.05, 0.1) is 12.0 Å². The van der Waals surface area contributed by atoms with Crippen LogP contribution in [0.1, 0.15) is 11.4 Å². The fourth-order valence-electron chi connectivity index (χ4n) is 1.79. The Bertz CT molecular complexity index is 698.